The summed E-state index contributed by atoms with van der Waals surface area (Å²) in [6, 6.07) is 5.87. The molecule has 1 aromatic rings. The van der Waals surface area contributed by atoms with Gasteiger partial charge in [0.05, 0.1) is 0 Å². The molecule has 1 amide bonds. The molecule has 1 aliphatic rings. The van der Waals surface area contributed by atoms with E-state index in [9.17, 15) is 4.79 Å². The number of nitrogens with two attached hydrogens (primary N) is 1. The molecule has 2 unspecified atom stereocenters. The average molecular weight is 355 g/mol. The maximum absolute atomic E-state index is 12.2. The number of ether oxygens (including phenoxy) is 1. The Morgan fingerprint density at radius 2 is 2.05 bits per heavy atom. The van der Waals surface area contributed by atoms with Crippen LogP contribution in [-0.2, 0) is 4.79 Å². The van der Waals surface area contributed by atoms with E-state index in [2.05, 4.69) is 21.2 Å². The van der Waals surface area contributed by atoms with E-state index in [4.69, 9.17) is 10.5 Å². The van der Waals surface area contributed by atoms with E-state index in [-0.39, 0.29) is 11.9 Å². The highest BCUT2D eigenvalue weighted by Crippen LogP contribution is 2.28. The Hall–Kier alpha value is -1.07. The van der Waals surface area contributed by atoms with Gasteiger partial charge in [-0.2, -0.15) is 0 Å². The number of rotatable bonds is 5. The summed E-state index contributed by atoms with van der Waals surface area (Å²) in [5.74, 6) is 0.603. The summed E-state index contributed by atoms with van der Waals surface area (Å²) in [4.78, 5) is 12.2. The summed E-state index contributed by atoms with van der Waals surface area (Å²) < 4.78 is 6.75. The summed E-state index contributed by atoms with van der Waals surface area (Å²) in [7, 11) is 0. The highest BCUT2D eigenvalue weighted by molar-refractivity contribution is 9.10. The Labute approximate surface area is 134 Å². The molecule has 2 atom stereocenters. The van der Waals surface area contributed by atoms with E-state index >= 15 is 0 Å². The molecule has 1 aliphatic carbocycles. The lowest BCUT2D eigenvalue weighted by molar-refractivity contribution is -0.128. The number of hydrogen-bond acceptors (Lipinski definition) is 3. The number of nitrogens with one attached hydrogen (secondary N) is 1. The normalized spacial score (nSPS) is 18.3. The van der Waals surface area contributed by atoms with Crippen LogP contribution in [0, 0.1) is 0 Å². The minimum Gasteiger partial charge on any atom is -0.481 e. The summed E-state index contributed by atoms with van der Waals surface area (Å²) in [5.41, 5.74) is 6.85. The van der Waals surface area contributed by atoms with Gasteiger partial charge in [0.25, 0.3) is 5.91 Å². The molecule has 0 aliphatic heterocycles. The predicted molar refractivity (Wildman–Crippen MR) is 87.2 cm³/mol. The minimum atomic E-state index is -0.530. The fourth-order valence-corrected chi connectivity index (χ4v) is 2.96. The van der Waals surface area contributed by atoms with Crippen LogP contribution in [0.4, 0.5) is 0 Å². The van der Waals surface area contributed by atoms with E-state index in [1.807, 2.05) is 25.1 Å². The van der Waals surface area contributed by atoms with Crippen LogP contribution in [0.15, 0.2) is 22.7 Å². The second-order valence-corrected chi connectivity index (χ2v) is 6.64. The predicted octanol–water partition coefficient (Wildman–Crippen LogP) is 3.29. The first-order valence-electron chi connectivity index (χ1n) is 7.49. The van der Waals surface area contributed by atoms with Crippen molar-refractivity contribution in [2.45, 2.75) is 57.7 Å². The maximum Gasteiger partial charge on any atom is 0.260 e. The molecule has 0 aromatic heterocycles. The fraction of sp³-hybridized carbons (Fsp3) is 0.562. The fourth-order valence-electron chi connectivity index (χ4n) is 2.62. The molecule has 0 heterocycles. The van der Waals surface area contributed by atoms with Gasteiger partial charge in [0.15, 0.2) is 6.10 Å². The number of halogens is 1. The van der Waals surface area contributed by atoms with Crippen LogP contribution in [-0.4, -0.2) is 18.1 Å². The monoisotopic (exact) mass is 354 g/mol. The molecule has 2 rings (SSSR count). The summed E-state index contributed by atoms with van der Waals surface area (Å²) >= 11 is 3.42. The Kier molecular flexibility index (Phi) is 5.65. The highest BCUT2D eigenvalue weighted by atomic mass is 79.9. The molecular weight excluding hydrogens is 332 g/mol. The lowest BCUT2D eigenvalue weighted by Gasteiger charge is -2.20. The second-order valence-electron chi connectivity index (χ2n) is 5.72. The van der Waals surface area contributed by atoms with Crippen LogP contribution in [0.25, 0.3) is 0 Å². The summed E-state index contributed by atoms with van der Waals surface area (Å²) in [5, 5.41) is 3.06. The smallest absolute Gasteiger partial charge is 0.260 e. The van der Waals surface area contributed by atoms with Gasteiger partial charge in [0, 0.05) is 22.1 Å². The van der Waals surface area contributed by atoms with Gasteiger partial charge in [-0.05, 0) is 38.8 Å². The van der Waals surface area contributed by atoms with Crippen molar-refractivity contribution in [2.75, 3.05) is 0 Å². The molecule has 0 bridgehead atoms. The third-order valence-corrected chi connectivity index (χ3v) is 4.33. The lowest BCUT2D eigenvalue weighted by atomic mass is 10.1. The number of amides is 1. The first kappa shape index (κ1) is 16.3. The Morgan fingerprint density at radius 1 is 1.38 bits per heavy atom. The number of benzene rings is 1. The lowest BCUT2D eigenvalue weighted by Crippen LogP contribution is -2.41. The van der Waals surface area contributed by atoms with E-state index in [0.29, 0.717) is 11.8 Å². The first-order chi connectivity index (χ1) is 9.97. The van der Waals surface area contributed by atoms with Crippen LogP contribution < -0.4 is 15.8 Å². The SMILES string of the molecule is CC(Oc1cc(Br)ccc1C(C)N)C(=O)NC1CCCC1. The molecule has 0 spiro atoms. The second kappa shape index (κ2) is 7.27. The third kappa shape index (κ3) is 4.45. The topological polar surface area (TPSA) is 64.3 Å². The number of hydrogen-bond donors (Lipinski definition) is 2. The van der Waals surface area contributed by atoms with Crippen LogP contribution in [0.3, 0.4) is 0 Å². The standard InChI is InChI=1S/C16H23BrN2O2/c1-10(18)14-8-7-12(17)9-15(14)21-11(2)16(20)19-13-5-3-4-6-13/h7-11,13H,3-6,18H2,1-2H3,(H,19,20). The molecule has 1 fully saturated rings. The van der Waals surface area contributed by atoms with Gasteiger partial charge in [0.2, 0.25) is 0 Å². The Bertz CT molecular complexity index is 499. The molecular formula is C16H23BrN2O2. The zero-order valence-corrected chi connectivity index (χ0v) is 14.2. The molecule has 21 heavy (non-hydrogen) atoms. The van der Waals surface area contributed by atoms with Gasteiger partial charge in [-0.3, -0.25) is 4.79 Å². The average Bonchev–Trinajstić information content (AvgIpc) is 2.91. The van der Waals surface area contributed by atoms with Crippen molar-refractivity contribution in [3.05, 3.63) is 28.2 Å². The van der Waals surface area contributed by atoms with Gasteiger partial charge in [-0.25, -0.2) is 0 Å². The van der Waals surface area contributed by atoms with Crippen molar-refractivity contribution in [2.24, 2.45) is 5.73 Å². The van der Waals surface area contributed by atoms with Crippen molar-refractivity contribution < 1.29 is 9.53 Å². The molecule has 0 radical (unpaired) electrons. The molecule has 116 valence electrons. The van der Waals surface area contributed by atoms with Crippen LogP contribution in [0.2, 0.25) is 0 Å². The van der Waals surface area contributed by atoms with E-state index < -0.39 is 6.10 Å². The van der Waals surface area contributed by atoms with Gasteiger partial charge < -0.3 is 15.8 Å². The van der Waals surface area contributed by atoms with Crippen molar-refractivity contribution in [1.82, 2.24) is 5.32 Å². The molecule has 5 heteroatoms. The van der Waals surface area contributed by atoms with Gasteiger partial charge >= 0.3 is 0 Å². The molecule has 3 N–H and O–H groups in total. The van der Waals surface area contributed by atoms with Crippen LogP contribution in [0.5, 0.6) is 5.75 Å². The van der Waals surface area contributed by atoms with E-state index in [1.165, 1.54) is 12.8 Å². The Morgan fingerprint density at radius 3 is 2.67 bits per heavy atom. The Balaban J connectivity index is 2.02. The molecule has 1 aromatic carbocycles. The zero-order chi connectivity index (χ0) is 15.4. The third-order valence-electron chi connectivity index (χ3n) is 3.84. The van der Waals surface area contributed by atoms with Gasteiger partial charge in [-0.15, -0.1) is 0 Å². The van der Waals surface area contributed by atoms with Gasteiger partial charge in [-0.1, -0.05) is 34.8 Å². The molecule has 1 saturated carbocycles. The number of carbonyl (C=O) groups is 1. The van der Waals surface area contributed by atoms with Crippen molar-refractivity contribution >= 4 is 21.8 Å². The molecule has 4 nitrogen and oxygen atoms in total. The maximum atomic E-state index is 12.2. The van der Waals surface area contributed by atoms with E-state index in [0.717, 1.165) is 22.9 Å². The van der Waals surface area contributed by atoms with Crippen LogP contribution in [0.1, 0.15) is 51.1 Å². The van der Waals surface area contributed by atoms with Crippen molar-refractivity contribution in [3.8, 4) is 5.75 Å². The quantitative estimate of drug-likeness (QED) is 0.852. The summed E-state index contributed by atoms with van der Waals surface area (Å²) in [6.45, 7) is 3.68. The minimum absolute atomic E-state index is 0.0579. The van der Waals surface area contributed by atoms with Crippen molar-refractivity contribution in [3.63, 3.8) is 0 Å². The van der Waals surface area contributed by atoms with Gasteiger partial charge in [0.1, 0.15) is 5.75 Å². The van der Waals surface area contributed by atoms with Crippen molar-refractivity contribution in [1.29, 1.82) is 0 Å². The zero-order valence-electron chi connectivity index (χ0n) is 12.6. The molecule has 0 saturated heterocycles. The number of carbonyl (C=O) groups excluding carboxylic acids is 1. The highest BCUT2D eigenvalue weighted by Gasteiger charge is 2.22. The first-order valence-corrected chi connectivity index (χ1v) is 8.28. The summed E-state index contributed by atoms with van der Waals surface area (Å²) in [6.07, 6.45) is 4.00. The van der Waals surface area contributed by atoms with E-state index in [1.54, 1.807) is 6.92 Å². The largest absolute Gasteiger partial charge is 0.481 e. The van der Waals surface area contributed by atoms with Crippen LogP contribution >= 0.6 is 15.9 Å².